The van der Waals surface area contributed by atoms with Crippen LogP contribution in [0, 0.1) is 0 Å². The lowest BCUT2D eigenvalue weighted by Gasteiger charge is -2.11. The minimum Gasteiger partial charge on any atom is -0.465 e. The van der Waals surface area contributed by atoms with E-state index in [1.54, 1.807) is 46.7 Å². The third-order valence-electron chi connectivity index (χ3n) is 10.7. The molecule has 0 saturated carbocycles. The molecular formula is C57H45F9N8O8S3. The maximum atomic E-state index is 12.7. The molecule has 10 rings (SSSR count). The number of hydrogen-bond donors (Lipinski definition) is 6. The standard InChI is InChI=1S/C22H16F3N3O2S.C12H9F3N2O2S.C10H7NO.C7H6F3NO.C6H7NO2S/c23-22(24,25)30-16-7-5-15(6-8-16)28-21(29)20-19(10-12-31-20)27-13-14-9-11-26-18-4-2-1-3-17(14)18;13-12(14,15)19-8-3-1-7(2-4-8)17-11(18)10-9(16)5-6-20-10;12-7-8-5-6-11-10-4-2-1-3-9(8)10;8-7(9,10)12-6-3-1-5(11)2-4-6;1-9-6(8)5-4(7)2-3-10-5/h1-12,27H,13H2,(H,28,29);1-6H,16H2,(H,17,18);1-7H;1-4H,11H2;2-3H,7H2,1H3. The third-order valence-corrected chi connectivity index (χ3v) is 13.4. The summed E-state index contributed by atoms with van der Waals surface area (Å²) >= 11 is 3.73. The Morgan fingerprint density at radius 1 is 0.518 bits per heavy atom. The average Bonchev–Trinajstić information content (AvgIpc) is 4.37. The lowest BCUT2D eigenvalue weighted by atomic mass is 10.1. The summed E-state index contributed by atoms with van der Waals surface area (Å²) in [6.45, 7) is 0.503. The zero-order chi connectivity index (χ0) is 61.7. The number of nitrogens with one attached hydrogen (secondary N) is 3. The number of nitrogens with zero attached hydrogens (tertiary/aromatic N) is 2. The number of aromatic nitrogens is 2. The molecule has 5 heterocycles. The van der Waals surface area contributed by atoms with Gasteiger partial charge in [0.2, 0.25) is 0 Å². The first kappa shape index (κ1) is 64.2. The van der Waals surface area contributed by atoms with Gasteiger partial charge in [-0.15, -0.1) is 73.5 Å². The summed E-state index contributed by atoms with van der Waals surface area (Å²) in [5.74, 6) is -2.12. The zero-order valence-corrected chi connectivity index (χ0v) is 46.1. The van der Waals surface area contributed by atoms with Crippen LogP contribution in [-0.4, -0.2) is 60.2 Å². The minimum atomic E-state index is -4.76. The van der Waals surface area contributed by atoms with Crippen LogP contribution in [0.2, 0.25) is 0 Å². The van der Waals surface area contributed by atoms with Crippen LogP contribution in [0.4, 0.5) is 73.6 Å². The number of ether oxygens (including phenoxy) is 4. The van der Waals surface area contributed by atoms with Gasteiger partial charge in [0.25, 0.3) is 11.8 Å². The van der Waals surface area contributed by atoms with Crippen LogP contribution >= 0.6 is 34.0 Å². The van der Waals surface area contributed by atoms with Crippen LogP contribution in [0.25, 0.3) is 21.8 Å². The predicted octanol–water partition coefficient (Wildman–Crippen LogP) is 14.9. The van der Waals surface area contributed by atoms with Gasteiger partial charge in [-0.2, -0.15) is 0 Å². The summed E-state index contributed by atoms with van der Waals surface area (Å²) in [7, 11) is 1.33. The van der Waals surface area contributed by atoms with Crippen molar-refractivity contribution in [3.8, 4) is 17.2 Å². The summed E-state index contributed by atoms with van der Waals surface area (Å²) in [6.07, 6.45) is -9.91. The molecular weight excluding hydrogens is 1190 g/mol. The van der Waals surface area contributed by atoms with Gasteiger partial charge in [0.1, 0.15) is 31.9 Å². The highest BCUT2D eigenvalue weighted by Crippen LogP contribution is 2.30. The molecule has 0 aliphatic rings. The second kappa shape index (κ2) is 29.9. The number of halogens is 9. The molecule has 0 saturated heterocycles. The Balaban J connectivity index is 0.000000184. The van der Waals surface area contributed by atoms with E-state index in [0.717, 1.165) is 70.1 Å². The lowest BCUT2D eigenvalue weighted by Crippen LogP contribution is -2.17. The van der Waals surface area contributed by atoms with Gasteiger partial charge in [-0.05, 0) is 137 Å². The molecule has 28 heteroatoms. The molecule has 0 spiro atoms. The number of rotatable bonds is 12. The number of alkyl halides is 9. The van der Waals surface area contributed by atoms with Gasteiger partial charge in [-0.25, -0.2) is 4.79 Å². The third kappa shape index (κ3) is 20.8. The summed E-state index contributed by atoms with van der Waals surface area (Å²) in [5, 5.41) is 15.7. The van der Waals surface area contributed by atoms with Gasteiger partial charge in [0.15, 0.2) is 6.29 Å². The smallest absolute Gasteiger partial charge is 0.465 e. The van der Waals surface area contributed by atoms with E-state index in [9.17, 15) is 58.7 Å². The lowest BCUT2D eigenvalue weighted by molar-refractivity contribution is -0.275. The molecule has 0 aliphatic carbocycles. The molecule has 9 N–H and O–H groups in total. The van der Waals surface area contributed by atoms with Crippen LogP contribution < -0.4 is 47.4 Å². The van der Waals surface area contributed by atoms with Crippen molar-refractivity contribution in [1.29, 1.82) is 0 Å². The normalized spacial score (nSPS) is 10.8. The topological polar surface area (TPSA) is 245 Å². The number of para-hydroxylation sites is 2. The first-order chi connectivity index (χ1) is 40.4. The maximum absolute atomic E-state index is 12.7. The number of aldehydes is 1. The van der Waals surface area contributed by atoms with Gasteiger partial charge < -0.3 is 52.1 Å². The van der Waals surface area contributed by atoms with Crippen LogP contribution in [0.5, 0.6) is 17.2 Å². The molecule has 442 valence electrons. The van der Waals surface area contributed by atoms with Crippen LogP contribution in [0.15, 0.2) is 180 Å². The first-order valence-corrected chi connectivity index (χ1v) is 26.6. The second-order valence-electron chi connectivity index (χ2n) is 16.6. The van der Waals surface area contributed by atoms with E-state index in [1.165, 1.54) is 77.5 Å². The maximum Gasteiger partial charge on any atom is 0.573 e. The van der Waals surface area contributed by atoms with Crippen LogP contribution in [0.3, 0.4) is 0 Å². The fourth-order valence-corrected chi connectivity index (χ4v) is 9.16. The number of carbonyl (C=O) groups is 4. The van der Waals surface area contributed by atoms with E-state index in [1.807, 2.05) is 60.7 Å². The van der Waals surface area contributed by atoms with E-state index >= 15 is 0 Å². The number of carbonyl (C=O) groups excluding carboxylic acids is 4. The average molecular weight is 1240 g/mol. The number of hydrogen-bond acceptors (Lipinski definition) is 17. The summed E-state index contributed by atoms with van der Waals surface area (Å²) in [5.41, 5.74) is 22.4. The number of nitrogen functional groups attached to an aromatic ring is 3. The quantitative estimate of drug-likeness (QED) is 0.0288. The first-order valence-electron chi connectivity index (χ1n) is 24.0. The number of pyridine rings is 2. The predicted molar refractivity (Wildman–Crippen MR) is 309 cm³/mol. The van der Waals surface area contributed by atoms with Crippen molar-refractivity contribution in [1.82, 2.24) is 9.97 Å². The molecule has 85 heavy (non-hydrogen) atoms. The largest absolute Gasteiger partial charge is 0.573 e. The highest BCUT2D eigenvalue weighted by Gasteiger charge is 2.32. The van der Waals surface area contributed by atoms with E-state index in [4.69, 9.17) is 17.2 Å². The Morgan fingerprint density at radius 3 is 1.41 bits per heavy atom. The van der Waals surface area contributed by atoms with Gasteiger partial charge in [-0.1, -0.05) is 36.4 Å². The molecule has 10 aromatic rings. The molecule has 0 fully saturated rings. The van der Waals surface area contributed by atoms with E-state index in [0.29, 0.717) is 60.9 Å². The summed E-state index contributed by atoms with van der Waals surface area (Å²) in [6, 6.07) is 38.9. The molecule has 0 bridgehead atoms. The zero-order valence-electron chi connectivity index (χ0n) is 43.6. The molecule has 0 atom stereocenters. The fourth-order valence-electron chi connectivity index (χ4n) is 6.95. The Hall–Kier alpha value is -9.93. The van der Waals surface area contributed by atoms with Gasteiger partial charge in [-0.3, -0.25) is 24.4 Å². The number of methoxy groups -OCH3 is 1. The van der Waals surface area contributed by atoms with Crippen molar-refractivity contribution in [3.05, 3.63) is 206 Å². The van der Waals surface area contributed by atoms with Gasteiger partial charge in [0, 0.05) is 52.3 Å². The molecule has 2 amide bonds. The highest BCUT2D eigenvalue weighted by atomic mass is 32.1. The number of esters is 1. The number of benzene rings is 5. The second-order valence-corrected chi connectivity index (χ2v) is 19.4. The molecule has 0 radical (unpaired) electrons. The van der Waals surface area contributed by atoms with E-state index in [-0.39, 0.29) is 29.1 Å². The molecule has 0 unspecified atom stereocenters. The Kier molecular flexibility index (Phi) is 22.6. The van der Waals surface area contributed by atoms with Crippen molar-refractivity contribution >= 4 is 114 Å². The molecule has 5 aromatic carbocycles. The summed E-state index contributed by atoms with van der Waals surface area (Å²) < 4.78 is 123. The fraction of sp³-hybridized carbons (Fsp3) is 0.0877. The Morgan fingerprint density at radius 2 is 0.941 bits per heavy atom. The molecule has 16 nitrogen and oxygen atoms in total. The minimum absolute atomic E-state index is 0.267. The Labute approximate surface area is 488 Å². The highest BCUT2D eigenvalue weighted by molar-refractivity contribution is 7.13. The number of anilines is 6. The Bertz CT molecular complexity index is 3790. The van der Waals surface area contributed by atoms with E-state index in [2.05, 4.69) is 44.9 Å². The van der Waals surface area contributed by atoms with Crippen LogP contribution in [0.1, 0.15) is 44.9 Å². The molecule has 5 aromatic heterocycles. The van der Waals surface area contributed by atoms with Crippen molar-refractivity contribution < 1.29 is 77.6 Å². The number of thiophene rings is 3. The van der Waals surface area contributed by atoms with Crippen LogP contribution in [-0.2, 0) is 11.3 Å². The van der Waals surface area contributed by atoms with Crippen molar-refractivity contribution in [2.75, 3.05) is 40.3 Å². The molecule has 0 aliphatic heterocycles. The number of fused-ring (bicyclic) bond motifs is 2. The number of nitrogens with two attached hydrogens (primary N) is 3. The van der Waals surface area contributed by atoms with Gasteiger partial charge in [0.05, 0.1) is 35.2 Å². The van der Waals surface area contributed by atoms with E-state index < -0.39 is 25.0 Å². The van der Waals surface area contributed by atoms with Crippen molar-refractivity contribution in [2.24, 2.45) is 0 Å². The van der Waals surface area contributed by atoms with Crippen molar-refractivity contribution in [2.45, 2.75) is 25.6 Å². The summed E-state index contributed by atoms with van der Waals surface area (Å²) in [4.78, 5) is 55.6. The van der Waals surface area contributed by atoms with Crippen molar-refractivity contribution in [3.63, 3.8) is 0 Å². The van der Waals surface area contributed by atoms with Gasteiger partial charge >= 0.3 is 25.1 Å². The SMILES string of the molecule is COC(=O)c1sccc1N.Nc1ccc(OC(F)(F)F)cc1.Nc1ccsc1C(=O)Nc1ccc(OC(F)(F)F)cc1.O=C(Nc1ccc(OC(F)(F)F)cc1)c1sccc1NCc1ccnc2ccccc12.O=Cc1ccnc2ccccc12. The number of amides is 2. The monoisotopic (exact) mass is 1240 g/mol.